The summed E-state index contributed by atoms with van der Waals surface area (Å²) in [7, 11) is 0. The van der Waals surface area contributed by atoms with Crippen LogP contribution in [0, 0.1) is 0 Å². The number of hydrogen-bond acceptors (Lipinski definition) is 2. The molecular weight excluding hydrogens is 216 g/mol. The molecule has 4 nitrogen and oxygen atoms in total. The second kappa shape index (κ2) is 6.91. The molecule has 1 aromatic rings. The number of benzene rings is 1. The third-order valence-electron chi connectivity index (χ3n) is 2.63. The monoisotopic (exact) mass is 236 g/mol. The van der Waals surface area contributed by atoms with Gasteiger partial charge in [-0.1, -0.05) is 32.0 Å². The molecule has 1 rings (SSSR count). The van der Waals surface area contributed by atoms with Crippen molar-refractivity contribution in [2.45, 2.75) is 26.7 Å². The lowest BCUT2D eigenvalue weighted by Gasteiger charge is -2.14. The van der Waals surface area contributed by atoms with Crippen LogP contribution >= 0.6 is 0 Å². The molecule has 4 heteroatoms. The van der Waals surface area contributed by atoms with Crippen LogP contribution in [0.1, 0.15) is 25.0 Å². The van der Waals surface area contributed by atoms with Gasteiger partial charge in [0.2, 0.25) is 0 Å². The Morgan fingerprint density at radius 2 is 1.82 bits per heavy atom. The summed E-state index contributed by atoms with van der Waals surface area (Å²) in [5.41, 5.74) is 3.15. The molecule has 0 aromatic heterocycles. The van der Waals surface area contributed by atoms with Crippen molar-refractivity contribution in [1.82, 2.24) is 5.32 Å². The Bertz CT molecular complexity index is 355. The Kier molecular flexibility index (Phi) is 5.49. The topological polar surface area (TPSA) is 61.4 Å². The standard InChI is InChI=1S/C13H20N2O2/c1-3-10-6-5-7-11(4-2)12(10)15-13(17)14-8-9-16/h5-7,16H,3-4,8-9H2,1-2H3,(H2,14,15,17). The second-order valence-electron chi connectivity index (χ2n) is 3.76. The summed E-state index contributed by atoms with van der Waals surface area (Å²) in [6, 6.07) is 5.77. The van der Waals surface area contributed by atoms with Crippen LogP contribution < -0.4 is 10.6 Å². The fourth-order valence-electron chi connectivity index (χ4n) is 1.73. The quantitative estimate of drug-likeness (QED) is 0.731. The van der Waals surface area contributed by atoms with E-state index in [1.165, 1.54) is 0 Å². The van der Waals surface area contributed by atoms with Crippen molar-refractivity contribution in [3.05, 3.63) is 29.3 Å². The fourth-order valence-corrected chi connectivity index (χ4v) is 1.73. The molecule has 0 aliphatic carbocycles. The van der Waals surface area contributed by atoms with Gasteiger partial charge in [0.05, 0.1) is 6.61 Å². The van der Waals surface area contributed by atoms with Crippen LogP contribution in [0.2, 0.25) is 0 Å². The van der Waals surface area contributed by atoms with E-state index in [0.29, 0.717) is 0 Å². The number of para-hydroxylation sites is 1. The average Bonchev–Trinajstić information content (AvgIpc) is 2.36. The predicted octanol–water partition coefficient (Wildman–Crippen LogP) is 1.93. The van der Waals surface area contributed by atoms with Crippen LogP contribution in [0.15, 0.2) is 18.2 Å². The third kappa shape index (κ3) is 3.75. The van der Waals surface area contributed by atoms with E-state index in [2.05, 4.69) is 24.5 Å². The second-order valence-corrected chi connectivity index (χ2v) is 3.76. The van der Waals surface area contributed by atoms with Crippen molar-refractivity contribution in [2.75, 3.05) is 18.5 Å². The van der Waals surface area contributed by atoms with Crippen LogP contribution in [-0.4, -0.2) is 24.3 Å². The largest absolute Gasteiger partial charge is 0.395 e. The summed E-state index contributed by atoms with van der Waals surface area (Å²) in [5, 5.41) is 14.1. The van der Waals surface area contributed by atoms with Gasteiger partial charge in [-0.15, -0.1) is 0 Å². The molecule has 0 spiro atoms. The van der Waals surface area contributed by atoms with Gasteiger partial charge < -0.3 is 15.7 Å². The van der Waals surface area contributed by atoms with Crippen LogP contribution in [0.3, 0.4) is 0 Å². The van der Waals surface area contributed by atoms with Crippen LogP contribution in [0.5, 0.6) is 0 Å². The molecule has 0 atom stereocenters. The number of urea groups is 1. The molecule has 0 fully saturated rings. The molecular formula is C13H20N2O2. The maximum Gasteiger partial charge on any atom is 0.319 e. The molecule has 17 heavy (non-hydrogen) atoms. The number of aliphatic hydroxyl groups excluding tert-OH is 1. The van der Waals surface area contributed by atoms with Crippen LogP contribution in [0.25, 0.3) is 0 Å². The molecule has 3 N–H and O–H groups in total. The van der Waals surface area contributed by atoms with E-state index in [0.717, 1.165) is 29.7 Å². The van der Waals surface area contributed by atoms with Gasteiger partial charge >= 0.3 is 6.03 Å². The van der Waals surface area contributed by atoms with Gasteiger partial charge in [0.25, 0.3) is 0 Å². The summed E-state index contributed by atoms with van der Waals surface area (Å²) in [4.78, 5) is 11.6. The molecule has 0 saturated heterocycles. The number of nitrogens with one attached hydrogen (secondary N) is 2. The lowest BCUT2D eigenvalue weighted by molar-refractivity contribution is 0.244. The van der Waals surface area contributed by atoms with Crippen LogP contribution in [-0.2, 0) is 12.8 Å². The fraction of sp³-hybridized carbons (Fsp3) is 0.462. The number of amides is 2. The van der Waals surface area contributed by atoms with Crippen LogP contribution in [0.4, 0.5) is 10.5 Å². The van der Waals surface area contributed by atoms with Gasteiger partial charge in [-0.25, -0.2) is 4.79 Å². The molecule has 0 saturated carbocycles. The first kappa shape index (κ1) is 13.5. The van der Waals surface area contributed by atoms with E-state index in [9.17, 15) is 4.79 Å². The highest BCUT2D eigenvalue weighted by Gasteiger charge is 2.08. The third-order valence-corrected chi connectivity index (χ3v) is 2.63. The van der Waals surface area contributed by atoms with Crippen molar-refractivity contribution >= 4 is 11.7 Å². The first-order chi connectivity index (χ1) is 8.22. The van der Waals surface area contributed by atoms with Gasteiger partial charge in [0, 0.05) is 12.2 Å². The van der Waals surface area contributed by atoms with Gasteiger partial charge in [0.1, 0.15) is 0 Å². The van der Waals surface area contributed by atoms with Crippen molar-refractivity contribution < 1.29 is 9.90 Å². The number of rotatable bonds is 5. The molecule has 0 unspecified atom stereocenters. The first-order valence-corrected chi connectivity index (χ1v) is 5.99. The zero-order valence-electron chi connectivity index (χ0n) is 10.4. The van der Waals surface area contributed by atoms with Crippen molar-refractivity contribution in [2.24, 2.45) is 0 Å². The highest BCUT2D eigenvalue weighted by molar-refractivity contribution is 5.91. The minimum absolute atomic E-state index is 0.0521. The summed E-state index contributed by atoms with van der Waals surface area (Å²) < 4.78 is 0. The highest BCUT2D eigenvalue weighted by Crippen LogP contribution is 2.22. The summed E-state index contributed by atoms with van der Waals surface area (Å²) >= 11 is 0. The van der Waals surface area contributed by atoms with Crippen molar-refractivity contribution in [3.63, 3.8) is 0 Å². The van der Waals surface area contributed by atoms with E-state index in [1.807, 2.05) is 18.2 Å². The van der Waals surface area contributed by atoms with E-state index in [1.54, 1.807) is 0 Å². The van der Waals surface area contributed by atoms with Crippen molar-refractivity contribution in [1.29, 1.82) is 0 Å². The normalized spacial score (nSPS) is 10.1. The van der Waals surface area contributed by atoms with E-state index in [4.69, 9.17) is 5.11 Å². The zero-order valence-corrected chi connectivity index (χ0v) is 10.4. The average molecular weight is 236 g/mol. The Morgan fingerprint density at radius 3 is 2.29 bits per heavy atom. The first-order valence-electron chi connectivity index (χ1n) is 5.99. The van der Waals surface area contributed by atoms with E-state index < -0.39 is 0 Å². The molecule has 94 valence electrons. The summed E-state index contributed by atoms with van der Waals surface area (Å²) in [6.45, 7) is 4.34. The Morgan fingerprint density at radius 1 is 1.24 bits per heavy atom. The Hall–Kier alpha value is -1.55. The van der Waals surface area contributed by atoms with Gasteiger partial charge in [-0.2, -0.15) is 0 Å². The maximum absolute atomic E-state index is 11.6. The minimum Gasteiger partial charge on any atom is -0.395 e. The molecule has 0 bridgehead atoms. The molecule has 0 aliphatic rings. The number of aryl methyl sites for hydroxylation is 2. The van der Waals surface area contributed by atoms with E-state index >= 15 is 0 Å². The predicted molar refractivity (Wildman–Crippen MR) is 69.3 cm³/mol. The molecule has 0 aliphatic heterocycles. The highest BCUT2D eigenvalue weighted by atomic mass is 16.3. The molecule has 1 aromatic carbocycles. The Labute approximate surface area is 102 Å². The van der Waals surface area contributed by atoms with E-state index in [-0.39, 0.29) is 19.2 Å². The number of anilines is 1. The number of hydrogen-bond donors (Lipinski definition) is 3. The SMILES string of the molecule is CCc1cccc(CC)c1NC(=O)NCCO. The zero-order chi connectivity index (χ0) is 12.7. The maximum atomic E-state index is 11.6. The van der Waals surface area contributed by atoms with Gasteiger partial charge in [0.15, 0.2) is 0 Å². The minimum atomic E-state index is -0.269. The summed E-state index contributed by atoms with van der Waals surface area (Å²) in [5.74, 6) is 0. The van der Waals surface area contributed by atoms with Gasteiger partial charge in [-0.05, 0) is 24.0 Å². The van der Waals surface area contributed by atoms with Gasteiger partial charge in [-0.3, -0.25) is 0 Å². The lowest BCUT2D eigenvalue weighted by atomic mass is 10.0. The summed E-state index contributed by atoms with van der Waals surface area (Å²) in [6.07, 6.45) is 1.76. The molecule has 0 radical (unpaired) electrons. The Balaban J connectivity index is 2.83. The number of aliphatic hydroxyl groups is 1. The smallest absolute Gasteiger partial charge is 0.319 e. The van der Waals surface area contributed by atoms with Crippen molar-refractivity contribution in [3.8, 4) is 0 Å². The lowest BCUT2D eigenvalue weighted by Crippen LogP contribution is -2.31. The number of carbonyl (C=O) groups excluding carboxylic acids is 1. The molecule has 2 amide bonds. The molecule has 0 heterocycles. The number of carbonyl (C=O) groups is 1.